The highest BCUT2D eigenvalue weighted by molar-refractivity contribution is 7.60. The Morgan fingerprint density at radius 2 is 1.84 bits per heavy atom. The molecule has 5 nitrogen and oxygen atoms in total. The summed E-state index contributed by atoms with van der Waals surface area (Å²) in [6, 6.07) is 1.54. The Labute approximate surface area is 120 Å². The highest BCUT2D eigenvalue weighted by Crippen LogP contribution is 2.38. The van der Waals surface area contributed by atoms with Gasteiger partial charge in [-0.1, -0.05) is 13.8 Å². The Morgan fingerprint density at radius 3 is 2.21 bits per heavy atom. The van der Waals surface area contributed by atoms with Crippen molar-refractivity contribution in [2.24, 2.45) is 0 Å². The van der Waals surface area contributed by atoms with Gasteiger partial charge in [0.25, 0.3) is 0 Å². The van der Waals surface area contributed by atoms with Crippen molar-refractivity contribution in [2.45, 2.75) is 33.2 Å². The maximum atomic E-state index is 11.6. The van der Waals surface area contributed by atoms with Gasteiger partial charge in [-0.2, -0.15) is 0 Å². The maximum absolute atomic E-state index is 11.6. The number of hydrogen-bond acceptors (Lipinski definition) is 3. The molecule has 0 unspecified atom stereocenters. The lowest BCUT2D eigenvalue weighted by molar-refractivity contribution is 0.387. The summed E-state index contributed by atoms with van der Waals surface area (Å²) >= 11 is 0. The Kier molecular flexibility index (Phi) is 7.05. The summed E-state index contributed by atoms with van der Waals surface area (Å²) in [5.41, 5.74) is 8.98. The number of nitrogens with one attached hydrogen (secondary N) is 1. The summed E-state index contributed by atoms with van der Waals surface area (Å²) in [6.07, 6.45) is 1.31. The van der Waals surface area contributed by atoms with Crippen LogP contribution in [0.3, 0.4) is 0 Å². The zero-order chi connectivity index (χ0) is 13.9. The van der Waals surface area contributed by atoms with Gasteiger partial charge in [0.05, 0.1) is 5.30 Å². The summed E-state index contributed by atoms with van der Waals surface area (Å²) in [6.45, 7) is 4.26. The Bertz CT molecular complexity index is 488. The summed E-state index contributed by atoms with van der Waals surface area (Å²) < 4.78 is 11.6. The SMILES string of the molecule is CCc1cc(P(=O)(O)O)c(CNC)c(CC)c1N.Cl. The van der Waals surface area contributed by atoms with Crippen molar-refractivity contribution in [3.63, 3.8) is 0 Å². The number of aryl methyl sites for hydroxylation is 1. The fraction of sp³-hybridized carbons (Fsp3) is 0.500. The fourth-order valence-electron chi connectivity index (χ4n) is 2.17. The second-order valence-electron chi connectivity index (χ2n) is 4.21. The van der Waals surface area contributed by atoms with Gasteiger partial charge < -0.3 is 20.8 Å². The second-order valence-corrected chi connectivity index (χ2v) is 5.78. The van der Waals surface area contributed by atoms with Crippen LogP contribution >= 0.6 is 20.0 Å². The second kappa shape index (κ2) is 7.27. The molecule has 0 saturated carbocycles. The average molecular weight is 309 g/mol. The minimum atomic E-state index is -4.28. The first-order chi connectivity index (χ1) is 8.36. The molecule has 1 aromatic rings. The van der Waals surface area contributed by atoms with Crippen molar-refractivity contribution >= 4 is 31.0 Å². The molecule has 110 valence electrons. The first-order valence-electron chi connectivity index (χ1n) is 6.00. The van der Waals surface area contributed by atoms with E-state index in [2.05, 4.69) is 5.32 Å². The number of nitrogens with two attached hydrogens (primary N) is 1. The Morgan fingerprint density at radius 1 is 1.26 bits per heavy atom. The molecule has 0 aliphatic carbocycles. The third kappa shape index (κ3) is 3.94. The monoisotopic (exact) mass is 308 g/mol. The van der Waals surface area contributed by atoms with E-state index in [-0.39, 0.29) is 17.7 Å². The van der Waals surface area contributed by atoms with Gasteiger partial charge >= 0.3 is 7.60 Å². The van der Waals surface area contributed by atoms with E-state index in [1.807, 2.05) is 13.8 Å². The van der Waals surface area contributed by atoms with E-state index in [0.717, 1.165) is 11.1 Å². The third-order valence-corrected chi connectivity index (χ3v) is 4.08. The van der Waals surface area contributed by atoms with E-state index in [1.54, 1.807) is 13.1 Å². The van der Waals surface area contributed by atoms with Gasteiger partial charge in [0.15, 0.2) is 0 Å². The summed E-state index contributed by atoms with van der Waals surface area (Å²) in [7, 11) is -2.54. The van der Waals surface area contributed by atoms with Crippen LogP contribution in [0.4, 0.5) is 5.69 Å². The number of nitrogen functional groups attached to an aromatic ring is 1. The normalized spacial score (nSPS) is 11.2. The van der Waals surface area contributed by atoms with Crippen LogP contribution in [0.25, 0.3) is 0 Å². The Balaban J connectivity index is 0.00000324. The zero-order valence-electron chi connectivity index (χ0n) is 11.4. The molecule has 0 spiro atoms. The average Bonchev–Trinajstić information content (AvgIpc) is 2.28. The lowest BCUT2D eigenvalue weighted by atomic mass is 9.97. The molecule has 0 aromatic heterocycles. The quantitative estimate of drug-likeness (QED) is 0.486. The van der Waals surface area contributed by atoms with Crippen LogP contribution < -0.4 is 16.4 Å². The van der Waals surface area contributed by atoms with Gasteiger partial charge in [-0.05, 0) is 42.6 Å². The van der Waals surface area contributed by atoms with Crippen molar-refractivity contribution in [1.82, 2.24) is 5.32 Å². The van der Waals surface area contributed by atoms with Gasteiger partial charge in [-0.15, -0.1) is 12.4 Å². The van der Waals surface area contributed by atoms with Crippen molar-refractivity contribution in [1.29, 1.82) is 0 Å². The summed E-state index contributed by atoms with van der Waals surface area (Å²) in [4.78, 5) is 18.9. The molecular formula is C12H22ClN2O3P. The summed E-state index contributed by atoms with van der Waals surface area (Å²) in [5, 5.41) is 3.03. The molecule has 1 rings (SSSR count). The van der Waals surface area contributed by atoms with Crippen LogP contribution in [0.1, 0.15) is 30.5 Å². The van der Waals surface area contributed by atoms with E-state index in [9.17, 15) is 14.4 Å². The molecule has 0 heterocycles. The van der Waals surface area contributed by atoms with E-state index >= 15 is 0 Å². The first kappa shape index (κ1) is 18.4. The van der Waals surface area contributed by atoms with Crippen LogP contribution in [0.15, 0.2) is 6.07 Å². The molecule has 1 aromatic carbocycles. The van der Waals surface area contributed by atoms with Crippen molar-refractivity contribution < 1.29 is 14.4 Å². The van der Waals surface area contributed by atoms with Crippen LogP contribution in [0, 0.1) is 0 Å². The molecule has 0 aliphatic heterocycles. The Hall–Kier alpha value is -0.580. The van der Waals surface area contributed by atoms with Gasteiger partial charge in [0.2, 0.25) is 0 Å². The highest BCUT2D eigenvalue weighted by Gasteiger charge is 2.25. The standard InChI is InChI=1S/C12H21N2O3P.ClH/c1-4-8-6-11(18(15,16)17)10(7-14-3)9(5-2)12(8)13;/h6,14H,4-5,7,13H2,1-3H3,(H2,15,16,17);1H. The number of hydrogen-bond donors (Lipinski definition) is 4. The van der Waals surface area contributed by atoms with E-state index in [0.29, 0.717) is 30.6 Å². The predicted octanol–water partition coefficient (Wildman–Crippen LogP) is 1.34. The molecule has 0 saturated heterocycles. The highest BCUT2D eigenvalue weighted by atomic mass is 35.5. The first-order valence-corrected chi connectivity index (χ1v) is 7.61. The minimum Gasteiger partial charge on any atom is -0.398 e. The number of halogens is 1. The van der Waals surface area contributed by atoms with Gasteiger partial charge in [-0.3, -0.25) is 4.57 Å². The number of anilines is 1. The van der Waals surface area contributed by atoms with E-state index in [1.165, 1.54) is 0 Å². The van der Waals surface area contributed by atoms with E-state index < -0.39 is 7.60 Å². The minimum absolute atomic E-state index is 0. The molecule has 0 fully saturated rings. The molecule has 0 aliphatic rings. The number of benzene rings is 1. The van der Waals surface area contributed by atoms with Gasteiger partial charge in [0, 0.05) is 12.2 Å². The van der Waals surface area contributed by atoms with Gasteiger partial charge in [0.1, 0.15) is 0 Å². The van der Waals surface area contributed by atoms with Gasteiger partial charge in [-0.25, -0.2) is 0 Å². The molecule has 5 N–H and O–H groups in total. The maximum Gasteiger partial charge on any atom is 0.356 e. The fourth-order valence-corrected chi connectivity index (χ4v) is 3.06. The molecule has 0 atom stereocenters. The number of rotatable bonds is 5. The largest absolute Gasteiger partial charge is 0.398 e. The van der Waals surface area contributed by atoms with Crippen LogP contribution in [-0.4, -0.2) is 16.8 Å². The molecule has 7 heteroatoms. The predicted molar refractivity (Wildman–Crippen MR) is 81.3 cm³/mol. The van der Waals surface area contributed by atoms with E-state index in [4.69, 9.17) is 5.73 Å². The zero-order valence-corrected chi connectivity index (χ0v) is 13.1. The molecule has 0 bridgehead atoms. The molecule has 0 radical (unpaired) electrons. The third-order valence-electron chi connectivity index (χ3n) is 3.06. The van der Waals surface area contributed by atoms with Crippen LogP contribution in [0.2, 0.25) is 0 Å². The van der Waals surface area contributed by atoms with Crippen molar-refractivity contribution in [3.8, 4) is 0 Å². The van der Waals surface area contributed by atoms with Crippen molar-refractivity contribution in [2.75, 3.05) is 12.8 Å². The lowest BCUT2D eigenvalue weighted by Crippen LogP contribution is -2.22. The van der Waals surface area contributed by atoms with Crippen molar-refractivity contribution in [3.05, 3.63) is 22.8 Å². The molecule has 0 amide bonds. The lowest BCUT2D eigenvalue weighted by Gasteiger charge is -2.19. The topological polar surface area (TPSA) is 95.6 Å². The smallest absolute Gasteiger partial charge is 0.356 e. The summed E-state index contributed by atoms with van der Waals surface area (Å²) in [5.74, 6) is 0. The van der Waals surface area contributed by atoms with Crippen LogP contribution in [0.5, 0.6) is 0 Å². The molecule has 19 heavy (non-hydrogen) atoms. The molecular weight excluding hydrogens is 287 g/mol. The van der Waals surface area contributed by atoms with Crippen LogP contribution in [-0.2, 0) is 24.0 Å².